The monoisotopic (exact) mass is 228 g/mol. The van der Waals surface area contributed by atoms with Crippen molar-refractivity contribution in [1.29, 1.82) is 0 Å². The van der Waals surface area contributed by atoms with Gasteiger partial charge in [-0.15, -0.1) is 0 Å². The zero-order chi connectivity index (χ0) is 11.5. The van der Waals surface area contributed by atoms with E-state index in [0.29, 0.717) is 11.1 Å². The maximum atomic E-state index is 11.0. The second kappa shape index (κ2) is 4.52. The van der Waals surface area contributed by atoms with Gasteiger partial charge < -0.3 is 0 Å². The average Bonchev–Trinajstić information content (AvgIpc) is 2.14. The van der Waals surface area contributed by atoms with Crippen LogP contribution in [0.2, 0.25) is 0 Å². The second-order valence-electron chi connectivity index (χ2n) is 3.12. The molecule has 0 aliphatic rings. The number of ketones is 1. The van der Waals surface area contributed by atoms with Crippen LogP contribution in [0.3, 0.4) is 0 Å². The minimum Gasteiger partial charge on any atom is -0.295 e. The van der Waals surface area contributed by atoms with Crippen molar-refractivity contribution in [3.05, 3.63) is 35.4 Å². The minimum atomic E-state index is -3.69. The molecule has 0 saturated heterocycles. The highest BCUT2D eigenvalue weighted by Crippen LogP contribution is 2.05. The summed E-state index contributed by atoms with van der Waals surface area (Å²) in [7, 11) is -3.69. The largest absolute Gasteiger partial charge is 0.295 e. The topological polar surface area (TPSA) is 89.3 Å². The SMILES string of the molecule is CC(=O)c1cccc(CNS(N)(=O)=O)c1. The Labute approximate surface area is 88.5 Å². The van der Waals surface area contributed by atoms with Gasteiger partial charge in [0, 0.05) is 12.1 Å². The number of benzene rings is 1. The van der Waals surface area contributed by atoms with Crippen molar-refractivity contribution < 1.29 is 13.2 Å². The summed E-state index contributed by atoms with van der Waals surface area (Å²) in [6, 6.07) is 6.70. The van der Waals surface area contributed by atoms with E-state index in [1.165, 1.54) is 6.92 Å². The fourth-order valence-corrected chi connectivity index (χ4v) is 1.45. The highest BCUT2D eigenvalue weighted by atomic mass is 32.2. The number of nitrogens with two attached hydrogens (primary N) is 1. The predicted octanol–water partition coefficient (Wildman–Crippen LogP) is 0.182. The predicted molar refractivity (Wildman–Crippen MR) is 56.4 cm³/mol. The van der Waals surface area contributed by atoms with E-state index in [2.05, 4.69) is 4.72 Å². The highest BCUT2D eigenvalue weighted by Gasteiger charge is 2.03. The number of rotatable bonds is 4. The smallest absolute Gasteiger partial charge is 0.274 e. The van der Waals surface area contributed by atoms with E-state index < -0.39 is 10.2 Å². The molecule has 3 N–H and O–H groups in total. The normalized spacial score (nSPS) is 11.3. The van der Waals surface area contributed by atoms with Crippen LogP contribution in [-0.2, 0) is 16.8 Å². The van der Waals surface area contributed by atoms with E-state index in [-0.39, 0.29) is 12.3 Å². The van der Waals surface area contributed by atoms with Crippen LogP contribution >= 0.6 is 0 Å². The third-order valence-corrected chi connectivity index (χ3v) is 2.36. The molecule has 0 aliphatic heterocycles. The van der Waals surface area contributed by atoms with Crippen LogP contribution in [0.1, 0.15) is 22.8 Å². The van der Waals surface area contributed by atoms with Gasteiger partial charge in [0.15, 0.2) is 5.78 Å². The van der Waals surface area contributed by atoms with E-state index in [1.54, 1.807) is 24.3 Å². The Kier molecular flexibility index (Phi) is 3.57. The fourth-order valence-electron chi connectivity index (χ4n) is 1.08. The molecule has 0 spiro atoms. The van der Waals surface area contributed by atoms with Gasteiger partial charge in [0.05, 0.1) is 0 Å². The summed E-state index contributed by atoms with van der Waals surface area (Å²) >= 11 is 0. The Morgan fingerprint density at radius 3 is 2.67 bits per heavy atom. The van der Waals surface area contributed by atoms with Gasteiger partial charge >= 0.3 is 0 Å². The molecule has 6 heteroatoms. The van der Waals surface area contributed by atoms with Crippen LogP contribution in [0.5, 0.6) is 0 Å². The molecule has 0 unspecified atom stereocenters. The molecule has 0 fully saturated rings. The van der Waals surface area contributed by atoms with Crippen LogP contribution in [0.25, 0.3) is 0 Å². The Hall–Kier alpha value is -1.24. The zero-order valence-electron chi connectivity index (χ0n) is 8.23. The van der Waals surface area contributed by atoms with E-state index in [9.17, 15) is 13.2 Å². The van der Waals surface area contributed by atoms with Crippen LogP contribution in [-0.4, -0.2) is 14.2 Å². The van der Waals surface area contributed by atoms with Crippen molar-refractivity contribution in [2.24, 2.45) is 5.14 Å². The lowest BCUT2D eigenvalue weighted by molar-refractivity contribution is 0.101. The molecular formula is C9H12N2O3S. The summed E-state index contributed by atoms with van der Waals surface area (Å²) in [5.74, 6) is -0.0625. The molecule has 0 bridgehead atoms. The third-order valence-electron chi connectivity index (χ3n) is 1.81. The van der Waals surface area contributed by atoms with Gasteiger partial charge in [-0.2, -0.15) is 13.1 Å². The first-order valence-corrected chi connectivity index (χ1v) is 5.80. The first-order valence-electron chi connectivity index (χ1n) is 4.26. The van der Waals surface area contributed by atoms with E-state index in [1.807, 2.05) is 0 Å². The van der Waals surface area contributed by atoms with Gasteiger partial charge in [0.2, 0.25) is 0 Å². The quantitative estimate of drug-likeness (QED) is 0.720. The van der Waals surface area contributed by atoms with Crippen molar-refractivity contribution >= 4 is 16.0 Å². The zero-order valence-corrected chi connectivity index (χ0v) is 9.04. The molecule has 0 aromatic heterocycles. The Morgan fingerprint density at radius 2 is 2.13 bits per heavy atom. The molecule has 0 amide bonds. The maximum absolute atomic E-state index is 11.0. The molecule has 5 nitrogen and oxygen atoms in total. The average molecular weight is 228 g/mol. The summed E-state index contributed by atoms with van der Waals surface area (Å²) in [4.78, 5) is 11.0. The summed E-state index contributed by atoms with van der Waals surface area (Å²) in [5, 5.41) is 4.78. The van der Waals surface area contributed by atoms with Crippen molar-refractivity contribution in [2.45, 2.75) is 13.5 Å². The molecule has 0 heterocycles. The minimum absolute atomic E-state index is 0.0625. The first kappa shape index (κ1) is 11.8. The number of hydrogen-bond donors (Lipinski definition) is 2. The van der Waals surface area contributed by atoms with Gasteiger partial charge in [-0.3, -0.25) is 4.79 Å². The Balaban J connectivity index is 2.79. The fraction of sp³-hybridized carbons (Fsp3) is 0.222. The maximum Gasteiger partial charge on any atom is 0.274 e. The van der Waals surface area contributed by atoms with E-state index in [4.69, 9.17) is 5.14 Å². The number of carbonyl (C=O) groups excluding carboxylic acids is 1. The van der Waals surface area contributed by atoms with Gasteiger partial charge in [0.1, 0.15) is 0 Å². The van der Waals surface area contributed by atoms with Gasteiger partial charge in [-0.1, -0.05) is 18.2 Å². The molecule has 82 valence electrons. The number of hydrogen-bond acceptors (Lipinski definition) is 3. The summed E-state index contributed by atoms with van der Waals surface area (Å²) < 4.78 is 23.4. The van der Waals surface area contributed by atoms with Crippen molar-refractivity contribution in [3.63, 3.8) is 0 Å². The number of nitrogens with one attached hydrogen (secondary N) is 1. The van der Waals surface area contributed by atoms with Gasteiger partial charge in [-0.05, 0) is 18.6 Å². The molecule has 0 atom stereocenters. The molecule has 0 radical (unpaired) electrons. The molecule has 0 aliphatic carbocycles. The Bertz CT molecular complexity index is 468. The van der Waals surface area contributed by atoms with E-state index >= 15 is 0 Å². The lowest BCUT2D eigenvalue weighted by Gasteiger charge is -2.03. The third kappa shape index (κ3) is 4.20. The number of Topliss-reactive ketones (excluding diaryl/α,β-unsaturated/α-hetero) is 1. The standard InChI is InChI=1S/C9H12N2O3S/c1-7(12)9-4-2-3-8(5-9)6-11-15(10,13)14/h2-5,11H,6H2,1H3,(H2,10,13,14). The molecular weight excluding hydrogens is 216 g/mol. The Morgan fingerprint density at radius 1 is 1.47 bits per heavy atom. The van der Waals surface area contributed by atoms with Gasteiger partial charge in [0.25, 0.3) is 10.2 Å². The first-order chi connectivity index (χ1) is 6.88. The lowest BCUT2D eigenvalue weighted by Crippen LogP contribution is -2.30. The molecule has 1 aromatic rings. The van der Waals surface area contributed by atoms with E-state index in [0.717, 1.165) is 0 Å². The molecule has 1 aromatic carbocycles. The van der Waals surface area contributed by atoms with Crippen LogP contribution in [0, 0.1) is 0 Å². The molecule has 0 saturated carbocycles. The number of carbonyl (C=O) groups is 1. The van der Waals surface area contributed by atoms with Crippen molar-refractivity contribution in [1.82, 2.24) is 4.72 Å². The summed E-state index contributed by atoms with van der Waals surface area (Å²) in [5.41, 5.74) is 1.24. The lowest BCUT2D eigenvalue weighted by atomic mass is 10.1. The van der Waals surface area contributed by atoms with Crippen LogP contribution < -0.4 is 9.86 Å². The summed E-state index contributed by atoms with van der Waals surface area (Å²) in [6.45, 7) is 1.53. The highest BCUT2D eigenvalue weighted by molar-refractivity contribution is 7.87. The van der Waals surface area contributed by atoms with Crippen LogP contribution in [0.4, 0.5) is 0 Å². The van der Waals surface area contributed by atoms with Crippen LogP contribution in [0.15, 0.2) is 24.3 Å². The van der Waals surface area contributed by atoms with Crippen molar-refractivity contribution in [2.75, 3.05) is 0 Å². The van der Waals surface area contributed by atoms with Crippen molar-refractivity contribution in [3.8, 4) is 0 Å². The molecule has 15 heavy (non-hydrogen) atoms. The molecule has 1 rings (SSSR count). The summed E-state index contributed by atoms with van der Waals surface area (Å²) in [6.07, 6.45) is 0. The van der Waals surface area contributed by atoms with Gasteiger partial charge in [-0.25, -0.2) is 5.14 Å². The second-order valence-corrected chi connectivity index (χ2v) is 4.50.